The second-order valence-electron chi connectivity index (χ2n) is 7.24. The minimum absolute atomic E-state index is 0.0166. The Balaban J connectivity index is 2.12. The van der Waals surface area contributed by atoms with E-state index < -0.39 is 16.6 Å². The molecule has 1 N–H and O–H groups in total. The Morgan fingerprint density at radius 1 is 1.43 bits per heavy atom. The summed E-state index contributed by atoms with van der Waals surface area (Å²) in [5.74, 6) is -0.169. The lowest BCUT2D eigenvalue weighted by Gasteiger charge is -2.28. The average molecular weight is 432 g/mol. The Morgan fingerprint density at radius 3 is 2.73 bits per heavy atom. The number of thioether (sulfide) groups is 1. The number of nitriles is 1. The molecule has 7 nitrogen and oxygen atoms in total. The molecule has 0 bridgehead atoms. The number of aromatic nitrogens is 3. The van der Waals surface area contributed by atoms with Gasteiger partial charge in [-0.05, 0) is 31.9 Å². The molecule has 2 atom stereocenters. The van der Waals surface area contributed by atoms with Crippen molar-refractivity contribution in [3.05, 3.63) is 48.6 Å². The number of halogens is 1. The van der Waals surface area contributed by atoms with Crippen molar-refractivity contribution in [2.45, 2.75) is 56.8 Å². The molecule has 0 aliphatic heterocycles. The Bertz CT molecular complexity index is 940. The fourth-order valence-corrected chi connectivity index (χ4v) is 3.28. The number of carbonyl (C=O) groups is 1. The molecular formula is C21H26FN5O2S. The Labute approximate surface area is 180 Å². The summed E-state index contributed by atoms with van der Waals surface area (Å²) in [7, 11) is 0. The molecule has 1 aromatic heterocycles. The van der Waals surface area contributed by atoms with E-state index in [1.54, 1.807) is 36.6 Å². The van der Waals surface area contributed by atoms with Gasteiger partial charge in [-0.2, -0.15) is 5.26 Å². The molecule has 0 aliphatic rings. The maximum atomic E-state index is 13.8. The highest BCUT2D eigenvalue weighted by Crippen LogP contribution is 2.25. The normalized spacial score (nSPS) is 13.9. The monoisotopic (exact) mass is 431 g/mol. The lowest BCUT2D eigenvalue weighted by molar-refractivity contribution is -0.121. The summed E-state index contributed by atoms with van der Waals surface area (Å²) in [6.45, 7) is 11.4. The summed E-state index contributed by atoms with van der Waals surface area (Å²) in [6, 6.07) is 8.28. The summed E-state index contributed by atoms with van der Waals surface area (Å²) >= 11 is 1.22. The van der Waals surface area contributed by atoms with Crippen molar-refractivity contribution in [1.82, 2.24) is 20.1 Å². The van der Waals surface area contributed by atoms with Crippen LogP contribution in [0.3, 0.4) is 0 Å². The van der Waals surface area contributed by atoms with Crippen LogP contribution in [0, 0.1) is 23.1 Å². The second-order valence-corrected chi connectivity index (χ2v) is 8.54. The van der Waals surface area contributed by atoms with Crippen LogP contribution in [0.5, 0.6) is 5.75 Å². The molecule has 2 aromatic rings. The van der Waals surface area contributed by atoms with Gasteiger partial charge in [0, 0.05) is 6.54 Å². The van der Waals surface area contributed by atoms with Gasteiger partial charge in [0.2, 0.25) is 5.91 Å². The van der Waals surface area contributed by atoms with E-state index in [0.29, 0.717) is 17.5 Å². The summed E-state index contributed by atoms with van der Waals surface area (Å²) in [6.07, 6.45) is 1.68. The fraction of sp³-hybridized carbons (Fsp3) is 0.429. The lowest BCUT2D eigenvalue weighted by atomic mass is 9.90. The lowest BCUT2D eigenvalue weighted by Crippen LogP contribution is -2.51. The zero-order valence-electron chi connectivity index (χ0n) is 17.6. The molecular weight excluding hydrogens is 405 g/mol. The predicted molar refractivity (Wildman–Crippen MR) is 113 cm³/mol. The minimum Gasteiger partial charge on any atom is -0.483 e. The van der Waals surface area contributed by atoms with Crippen LogP contribution in [0.15, 0.2) is 42.1 Å². The topological polar surface area (TPSA) is 92.8 Å². The largest absolute Gasteiger partial charge is 0.483 e. The van der Waals surface area contributed by atoms with Crippen molar-refractivity contribution in [3.63, 3.8) is 0 Å². The first-order valence-corrected chi connectivity index (χ1v) is 10.4. The molecule has 9 heteroatoms. The first kappa shape index (κ1) is 23.4. The maximum absolute atomic E-state index is 13.8. The van der Waals surface area contributed by atoms with Crippen LogP contribution in [0.2, 0.25) is 0 Å². The molecule has 1 amide bonds. The highest BCUT2D eigenvalue weighted by atomic mass is 32.2. The molecule has 0 saturated carbocycles. The molecule has 0 radical (unpaired) electrons. The van der Waals surface area contributed by atoms with Gasteiger partial charge >= 0.3 is 0 Å². The van der Waals surface area contributed by atoms with Crippen molar-refractivity contribution < 1.29 is 13.9 Å². The molecule has 0 aliphatic carbocycles. The third kappa shape index (κ3) is 5.60. The van der Waals surface area contributed by atoms with Crippen LogP contribution in [0.1, 0.15) is 33.5 Å². The number of hydrogen-bond donors (Lipinski definition) is 1. The van der Waals surface area contributed by atoms with Gasteiger partial charge in [0.1, 0.15) is 12.1 Å². The van der Waals surface area contributed by atoms with Gasteiger partial charge in [-0.15, -0.1) is 16.8 Å². The first-order valence-electron chi connectivity index (χ1n) is 9.52. The number of hydrogen-bond acceptors (Lipinski definition) is 6. The van der Waals surface area contributed by atoms with E-state index in [1.807, 2.05) is 13.8 Å². The molecule has 1 heterocycles. The van der Waals surface area contributed by atoms with Crippen LogP contribution >= 0.6 is 11.8 Å². The van der Waals surface area contributed by atoms with Crippen molar-refractivity contribution in [2.24, 2.45) is 5.92 Å². The molecule has 0 saturated heterocycles. The number of rotatable bonds is 10. The summed E-state index contributed by atoms with van der Waals surface area (Å²) < 4.78 is 21.1. The van der Waals surface area contributed by atoms with Crippen molar-refractivity contribution >= 4 is 17.7 Å². The van der Waals surface area contributed by atoms with Gasteiger partial charge in [0.15, 0.2) is 22.5 Å². The number of carbonyl (C=O) groups excluding carboxylic acids is 1. The number of nitrogens with zero attached hydrogens (tertiary/aromatic N) is 4. The zero-order valence-corrected chi connectivity index (χ0v) is 18.4. The smallest absolute Gasteiger partial charge is 0.234 e. The van der Waals surface area contributed by atoms with E-state index in [0.717, 1.165) is 0 Å². The quantitative estimate of drug-likeness (QED) is 0.455. The van der Waals surface area contributed by atoms with E-state index in [9.17, 15) is 14.4 Å². The molecule has 1 aromatic carbocycles. The SMILES string of the molecule is C=CCn1c(COc2ccccc2F)nnc1SC(C)C(=O)NC(C)(C#N)C(C)C. The number of allylic oxidation sites excluding steroid dienone is 1. The van der Waals surface area contributed by atoms with E-state index >= 15 is 0 Å². The zero-order chi connectivity index (χ0) is 22.3. The van der Waals surface area contributed by atoms with Crippen LogP contribution in [-0.2, 0) is 17.9 Å². The number of para-hydroxylation sites is 1. The third-order valence-electron chi connectivity index (χ3n) is 4.72. The van der Waals surface area contributed by atoms with Gasteiger partial charge in [0.05, 0.1) is 11.3 Å². The summed E-state index contributed by atoms with van der Waals surface area (Å²) in [5, 5.41) is 20.5. The van der Waals surface area contributed by atoms with Gasteiger partial charge in [-0.1, -0.05) is 43.8 Å². The Morgan fingerprint density at radius 2 is 2.13 bits per heavy atom. The summed E-state index contributed by atoms with van der Waals surface area (Å²) in [4.78, 5) is 12.6. The van der Waals surface area contributed by atoms with E-state index in [1.165, 1.54) is 23.9 Å². The fourth-order valence-electron chi connectivity index (χ4n) is 2.40. The molecule has 2 rings (SSSR count). The van der Waals surface area contributed by atoms with Crippen molar-refractivity contribution in [2.75, 3.05) is 0 Å². The number of benzene rings is 1. The molecule has 160 valence electrons. The van der Waals surface area contributed by atoms with Crippen LogP contribution < -0.4 is 10.1 Å². The maximum Gasteiger partial charge on any atom is 0.234 e. The molecule has 0 fully saturated rings. The highest BCUT2D eigenvalue weighted by molar-refractivity contribution is 8.00. The third-order valence-corrected chi connectivity index (χ3v) is 5.80. The highest BCUT2D eigenvalue weighted by Gasteiger charge is 2.32. The van der Waals surface area contributed by atoms with Gasteiger partial charge in [0.25, 0.3) is 0 Å². The number of ether oxygens (including phenoxy) is 1. The molecule has 2 unspecified atom stereocenters. The predicted octanol–water partition coefficient (Wildman–Crippen LogP) is 3.72. The molecule has 30 heavy (non-hydrogen) atoms. The second kappa shape index (κ2) is 10.3. The minimum atomic E-state index is -0.959. The van der Waals surface area contributed by atoms with Gasteiger partial charge < -0.3 is 10.1 Å². The summed E-state index contributed by atoms with van der Waals surface area (Å²) in [5.41, 5.74) is -0.959. The van der Waals surface area contributed by atoms with Gasteiger partial charge in [-0.25, -0.2) is 4.39 Å². The Hall–Kier alpha value is -2.86. The average Bonchev–Trinajstić information content (AvgIpc) is 3.08. The van der Waals surface area contributed by atoms with Crippen LogP contribution in [-0.4, -0.2) is 31.5 Å². The van der Waals surface area contributed by atoms with Gasteiger partial charge in [-0.3, -0.25) is 9.36 Å². The van der Waals surface area contributed by atoms with E-state index in [4.69, 9.17) is 4.74 Å². The number of nitrogens with one attached hydrogen (secondary N) is 1. The standard InChI is InChI=1S/C21H26FN5O2S/c1-6-11-27-18(12-29-17-10-8-7-9-16(17)22)25-26-20(27)30-15(4)19(28)24-21(5,13-23)14(2)3/h6-10,14-15H,1,11-12H2,2-5H3,(H,24,28). The van der Waals surface area contributed by atoms with Crippen molar-refractivity contribution in [3.8, 4) is 11.8 Å². The van der Waals surface area contributed by atoms with Crippen molar-refractivity contribution in [1.29, 1.82) is 5.26 Å². The first-order chi connectivity index (χ1) is 14.2. The number of amides is 1. The van der Waals surface area contributed by atoms with E-state index in [-0.39, 0.29) is 24.2 Å². The Kier molecular flexibility index (Phi) is 8.00. The molecule has 0 spiro atoms. The van der Waals surface area contributed by atoms with E-state index in [2.05, 4.69) is 28.2 Å². The van der Waals surface area contributed by atoms with Crippen LogP contribution in [0.4, 0.5) is 4.39 Å². The van der Waals surface area contributed by atoms with Crippen LogP contribution in [0.25, 0.3) is 0 Å².